The SMILES string of the molecule is CCN(CC(C)C(=O)O)S(=O)(=O)c1ccc(F)cc1C. The topological polar surface area (TPSA) is 74.7 Å². The summed E-state index contributed by atoms with van der Waals surface area (Å²) < 4.78 is 39.1. The van der Waals surface area contributed by atoms with Gasteiger partial charge >= 0.3 is 5.97 Å². The maximum absolute atomic E-state index is 13.0. The number of rotatable bonds is 6. The fourth-order valence-electron chi connectivity index (χ4n) is 1.82. The third kappa shape index (κ3) is 3.55. The van der Waals surface area contributed by atoms with Crippen LogP contribution < -0.4 is 0 Å². The van der Waals surface area contributed by atoms with Gasteiger partial charge in [-0.25, -0.2) is 12.8 Å². The minimum atomic E-state index is -3.82. The summed E-state index contributed by atoms with van der Waals surface area (Å²) in [6, 6.07) is 3.42. The van der Waals surface area contributed by atoms with Crippen LogP contribution in [0.1, 0.15) is 19.4 Å². The lowest BCUT2D eigenvalue weighted by Gasteiger charge is -2.23. The van der Waals surface area contributed by atoms with Crippen LogP contribution in [0.3, 0.4) is 0 Å². The third-order valence-electron chi connectivity index (χ3n) is 3.01. The first-order valence-corrected chi connectivity index (χ1v) is 7.63. The zero-order valence-corrected chi connectivity index (χ0v) is 12.4. The molecule has 1 rings (SSSR count). The van der Waals surface area contributed by atoms with E-state index >= 15 is 0 Å². The van der Waals surface area contributed by atoms with Gasteiger partial charge in [-0.1, -0.05) is 13.8 Å². The van der Waals surface area contributed by atoms with Gasteiger partial charge < -0.3 is 5.11 Å². The third-order valence-corrected chi connectivity index (χ3v) is 5.11. The van der Waals surface area contributed by atoms with E-state index in [-0.39, 0.29) is 18.0 Å². The summed E-state index contributed by atoms with van der Waals surface area (Å²) in [7, 11) is -3.82. The Balaban J connectivity index is 3.15. The highest BCUT2D eigenvalue weighted by atomic mass is 32.2. The zero-order valence-electron chi connectivity index (χ0n) is 11.6. The standard InChI is InChI=1S/C13H18FNO4S/c1-4-15(8-10(3)13(16)17)20(18,19)12-6-5-11(14)7-9(12)2/h5-7,10H,4,8H2,1-3H3,(H,16,17). The van der Waals surface area contributed by atoms with Crippen LogP contribution >= 0.6 is 0 Å². The molecular weight excluding hydrogens is 285 g/mol. The predicted molar refractivity (Wildman–Crippen MR) is 72.4 cm³/mol. The van der Waals surface area contributed by atoms with Gasteiger partial charge in [-0.3, -0.25) is 4.79 Å². The van der Waals surface area contributed by atoms with Crippen molar-refractivity contribution < 1.29 is 22.7 Å². The summed E-state index contributed by atoms with van der Waals surface area (Å²) in [5.74, 6) is -2.39. The molecule has 0 radical (unpaired) electrons. The van der Waals surface area contributed by atoms with E-state index in [0.717, 1.165) is 16.4 Å². The van der Waals surface area contributed by atoms with Crippen molar-refractivity contribution in [3.63, 3.8) is 0 Å². The van der Waals surface area contributed by atoms with Crippen LogP contribution in [-0.2, 0) is 14.8 Å². The van der Waals surface area contributed by atoms with E-state index in [9.17, 15) is 17.6 Å². The highest BCUT2D eigenvalue weighted by Crippen LogP contribution is 2.21. The number of benzene rings is 1. The van der Waals surface area contributed by atoms with Crippen LogP contribution in [-0.4, -0.2) is 36.9 Å². The number of hydrogen-bond donors (Lipinski definition) is 1. The molecule has 0 saturated carbocycles. The number of sulfonamides is 1. The molecule has 0 bridgehead atoms. The highest BCUT2D eigenvalue weighted by Gasteiger charge is 2.28. The molecule has 5 nitrogen and oxygen atoms in total. The number of carbonyl (C=O) groups is 1. The van der Waals surface area contributed by atoms with Gasteiger partial charge in [0.1, 0.15) is 5.82 Å². The second kappa shape index (κ2) is 6.32. The lowest BCUT2D eigenvalue weighted by atomic mass is 10.2. The first kappa shape index (κ1) is 16.6. The molecule has 0 amide bonds. The fourth-order valence-corrected chi connectivity index (χ4v) is 3.57. The Hall–Kier alpha value is -1.47. The van der Waals surface area contributed by atoms with E-state index in [1.165, 1.54) is 19.9 Å². The monoisotopic (exact) mass is 303 g/mol. The van der Waals surface area contributed by atoms with Crippen LogP contribution in [0.4, 0.5) is 4.39 Å². The second-order valence-electron chi connectivity index (χ2n) is 4.60. The van der Waals surface area contributed by atoms with E-state index in [2.05, 4.69) is 0 Å². The summed E-state index contributed by atoms with van der Waals surface area (Å²) in [4.78, 5) is 10.9. The second-order valence-corrected chi connectivity index (χ2v) is 6.51. The molecule has 7 heteroatoms. The van der Waals surface area contributed by atoms with Crippen molar-refractivity contribution in [3.05, 3.63) is 29.6 Å². The average molecular weight is 303 g/mol. The van der Waals surface area contributed by atoms with E-state index in [0.29, 0.717) is 5.56 Å². The van der Waals surface area contributed by atoms with E-state index in [1.807, 2.05) is 0 Å². The first-order chi connectivity index (χ1) is 9.20. The summed E-state index contributed by atoms with van der Waals surface area (Å²) in [5.41, 5.74) is 0.298. The molecule has 0 saturated heterocycles. The number of nitrogens with zero attached hydrogens (tertiary/aromatic N) is 1. The fraction of sp³-hybridized carbons (Fsp3) is 0.462. The molecule has 0 aliphatic rings. The van der Waals surface area contributed by atoms with Crippen LogP contribution in [0.2, 0.25) is 0 Å². The Labute approximate surface area is 118 Å². The number of carboxylic acid groups (broad SMARTS) is 1. The van der Waals surface area contributed by atoms with E-state index in [1.54, 1.807) is 6.92 Å². The Kier molecular flexibility index (Phi) is 5.24. The van der Waals surface area contributed by atoms with Crippen molar-refractivity contribution in [1.82, 2.24) is 4.31 Å². The molecular formula is C13H18FNO4S. The highest BCUT2D eigenvalue weighted by molar-refractivity contribution is 7.89. The molecule has 1 aromatic carbocycles. The smallest absolute Gasteiger partial charge is 0.307 e. The maximum Gasteiger partial charge on any atom is 0.307 e. The van der Waals surface area contributed by atoms with E-state index < -0.39 is 27.7 Å². The average Bonchev–Trinajstić information content (AvgIpc) is 2.34. The molecule has 1 aromatic rings. The normalized spacial score (nSPS) is 13.4. The van der Waals surface area contributed by atoms with Gasteiger partial charge in [0, 0.05) is 13.1 Å². The van der Waals surface area contributed by atoms with Crippen molar-refractivity contribution in [2.75, 3.05) is 13.1 Å². The zero-order chi connectivity index (χ0) is 15.5. The molecule has 20 heavy (non-hydrogen) atoms. The summed E-state index contributed by atoms with van der Waals surface area (Å²) >= 11 is 0. The van der Waals surface area contributed by atoms with Crippen molar-refractivity contribution in [2.24, 2.45) is 5.92 Å². The first-order valence-electron chi connectivity index (χ1n) is 6.19. The van der Waals surface area contributed by atoms with Crippen molar-refractivity contribution in [3.8, 4) is 0 Å². The van der Waals surface area contributed by atoms with Crippen LogP contribution in [0.15, 0.2) is 23.1 Å². The van der Waals surface area contributed by atoms with Gasteiger partial charge in [0.05, 0.1) is 10.8 Å². The Morgan fingerprint density at radius 2 is 2.05 bits per heavy atom. The number of aryl methyl sites for hydroxylation is 1. The number of carboxylic acids is 1. The lowest BCUT2D eigenvalue weighted by Crippen LogP contribution is -2.37. The minimum Gasteiger partial charge on any atom is -0.481 e. The molecule has 1 atom stereocenters. The molecule has 1 N–H and O–H groups in total. The lowest BCUT2D eigenvalue weighted by molar-refractivity contribution is -0.141. The summed E-state index contributed by atoms with van der Waals surface area (Å²) in [5, 5.41) is 8.88. The molecule has 0 fully saturated rings. The molecule has 0 heterocycles. The predicted octanol–water partition coefficient (Wildman–Crippen LogP) is 1.87. The molecule has 0 aromatic heterocycles. The van der Waals surface area contributed by atoms with Gasteiger partial charge in [0.15, 0.2) is 0 Å². The van der Waals surface area contributed by atoms with Crippen molar-refractivity contribution >= 4 is 16.0 Å². The molecule has 0 spiro atoms. The van der Waals surface area contributed by atoms with Gasteiger partial charge in [-0.05, 0) is 30.7 Å². The van der Waals surface area contributed by atoms with Gasteiger partial charge in [-0.2, -0.15) is 4.31 Å². The summed E-state index contributed by atoms with van der Waals surface area (Å²) in [6.45, 7) is 4.61. The van der Waals surface area contributed by atoms with Crippen LogP contribution in [0, 0.1) is 18.7 Å². The Morgan fingerprint density at radius 1 is 1.45 bits per heavy atom. The van der Waals surface area contributed by atoms with E-state index in [4.69, 9.17) is 5.11 Å². The maximum atomic E-state index is 13.0. The largest absolute Gasteiger partial charge is 0.481 e. The van der Waals surface area contributed by atoms with Gasteiger partial charge in [0.2, 0.25) is 10.0 Å². The number of hydrogen-bond acceptors (Lipinski definition) is 3. The molecule has 1 unspecified atom stereocenters. The number of halogens is 1. The van der Waals surface area contributed by atoms with Gasteiger partial charge in [0.25, 0.3) is 0 Å². The molecule has 112 valence electrons. The molecule has 0 aliphatic heterocycles. The van der Waals surface area contributed by atoms with Crippen molar-refractivity contribution in [1.29, 1.82) is 0 Å². The Morgan fingerprint density at radius 3 is 2.50 bits per heavy atom. The Bertz CT molecular complexity index is 600. The number of aliphatic carboxylic acids is 1. The quantitative estimate of drug-likeness (QED) is 0.870. The molecule has 0 aliphatic carbocycles. The van der Waals surface area contributed by atoms with Crippen molar-refractivity contribution in [2.45, 2.75) is 25.7 Å². The van der Waals surface area contributed by atoms with Crippen LogP contribution in [0.5, 0.6) is 0 Å². The van der Waals surface area contributed by atoms with Gasteiger partial charge in [-0.15, -0.1) is 0 Å². The van der Waals surface area contributed by atoms with Crippen LogP contribution in [0.25, 0.3) is 0 Å². The summed E-state index contributed by atoms with van der Waals surface area (Å²) in [6.07, 6.45) is 0. The minimum absolute atomic E-state index is 0.00154.